The first kappa shape index (κ1) is 9.44. The lowest BCUT2D eigenvalue weighted by atomic mass is 10.1. The molecule has 0 saturated carbocycles. The zero-order chi connectivity index (χ0) is 9.42. The fraction of sp³-hybridized carbons (Fsp3) is 0.200. The highest BCUT2D eigenvalue weighted by Gasteiger charge is 2.05. The van der Waals surface area contributed by atoms with Crippen LogP contribution in [0.15, 0.2) is 27.3 Å². The van der Waals surface area contributed by atoms with Gasteiger partial charge in [0.15, 0.2) is 0 Å². The topological polar surface area (TPSA) is 0 Å². The standard InChI is InChI=1S/C10H10S3/c1-6-3-4-8(12-2)10-7(6)5-9(11)13-10/h3-5,11H,1-2H3. The van der Waals surface area contributed by atoms with Crippen molar-refractivity contribution in [2.75, 3.05) is 6.26 Å². The number of fused-ring (bicyclic) bond motifs is 1. The smallest absolute Gasteiger partial charge is 0.0581 e. The summed E-state index contributed by atoms with van der Waals surface area (Å²) >= 11 is 7.94. The fourth-order valence-electron chi connectivity index (χ4n) is 1.38. The maximum Gasteiger partial charge on any atom is 0.0581 e. The second kappa shape index (κ2) is 3.56. The first-order valence-electron chi connectivity index (χ1n) is 3.98. The van der Waals surface area contributed by atoms with Gasteiger partial charge in [-0.3, -0.25) is 0 Å². The van der Waals surface area contributed by atoms with Crippen LogP contribution in [-0.4, -0.2) is 6.26 Å². The van der Waals surface area contributed by atoms with Gasteiger partial charge in [0.1, 0.15) is 0 Å². The Morgan fingerprint density at radius 3 is 2.85 bits per heavy atom. The van der Waals surface area contributed by atoms with Gasteiger partial charge in [-0.15, -0.1) is 35.7 Å². The lowest BCUT2D eigenvalue weighted by Gasteiger charge is -2.00. The van der Waals surface area contributed by atoms with Gasteiger partial charge in [-0.25, -0.2) is 0 Å². The third kappa shape index (κ3) is 1.60. The van der Waals surface area contributed by atoms with E-state index in [2.05, 4.69) is 44.0 Å². The van der Waals surface area contributed by atoms with Gasteiger partial charge in [-0.05, 0) is 36.3 Å². The number of hydrogen-bond donors (Lipinski definition) is 1. The Bertz CT molecular complexity index is 443. The van der Waals surface area contributed by atoms with Crippen molar-refractivity contribution in [3.8, 4) is 0 Å². The average molecular weight is 226 g/mol. The minimum Gasteiger partial charge on any atom is -0.133 e. The van der Waals surface area contributed by atoms with Crippen molar-refractivity contribution < 1.29 is 0 Å². The van der Waals surface area contributed by atoms with E-state index in [1.54, 1.807) is 23.1 Å². The van der Waals surface area contributed by atoms with Crippen molar-refractivity contribution in [2.45, 2.75) is 16.0 Å². The van der Waals surface area contributed by atoms with E-state index in [-0.39, 0.29) is 0 Å². The lowest BCUT2D eigenvalue weighted by Crippen LogP contribution is -1.75. The third-order valence-electron chi connectivity index (χ3n) is 2.07. The molecule has 0 bridgehead atoms. The maximum absolute atomic E-state index is 4.39. The lowest BCUT2D eigenvalue weighted by molar-refractivity contribution is 1.48. The minimum atomic E-state index is 1.10. The largest absolute Gasteiger partial charge is 0.133 e. The van der Waals surface area contributed by atoms with E-state index in [9.17, 15) is 0 Å². The van der Waals surface area contributed by atoms with Crippen LogP contribution in [0.3, 0.4) is 0 Å². The van der Waals surface area contributed by atoms with Crippen molar-refractivity contribution in [1.82, 2.24) is 0 Å². The van der Waals surface area contributed by atoms with Crippen molar-refractivity contribution >= 4 is 45.8 Å². The Balaban J connectivity index is 2.83. The molecule has 0 amide bonds. The number of thiol groups is 1. The van der Waals surface area contributed by atoms with Crippen molar-refractivity contribution in [3.05, 3.63) is 23.8 Å². The van der Waals surface area contributed by atoms with Crippen LogP contribution in [0.5, 0.6) is 0 Å². The number of thiophene rings is 1. The Hall–Kier alpha value is -0.120. The number of thioether (sulfide) groups is 1. The van der Waals surface area contributed by atoms with Crippen LogP contribution in [0.2, 0.25) is 0 Å². The van der Waals surface area contributed by atoms with Gasteiger partial charge < -0.3 is 0 Å². The molecule has 0 aliphatic heterocycles. The molecule has 0 nitrogen and oxygen atoms in total. The number of aryl methyl sites for hydroxylation is 1. The highest BCUT2D eigenvalue weighted by Crippen LogP contribution is 2.36. The summed E-state index contributed by atoms with van der Waals surface area (Å²) in [5, 5.41) is 1.35. The first-order valence-corrected chi connectivity index (χ1v) is 6.47. The molecule has 0 radical (unpaired) electrons. The number of hydrogen-bond acceptors (Lipinski definition) is 3. The molecule has 68 valence electrons. The third-order valence-corrected chi connectivity index (χ3v) is 4.36. The minimum absolute atomic E-state index is 1.10. The molecule has 0 fully saturated rings. The van der Waals surface area contributed by atoms with Crippen LogP contribution in [-0.2, 0) is 0 Å². The molecule has 1 aromatic heterocycles. The molecular weight excluding hydrogens is 216 g/mol. The van der Waals surface area contributed by atoms with Gasteiger partial charge >= 0.3 is 0 Å². The quantitative estimate of drug-likeness (QED) is 0.561. The van der Waals surface area contributed by atoms with Crippen LogP contribution < -0.4 is 0 Å². The summed E-state index contributed by atoms with van der Waals surface area (Å²) < 4.78 is 2.47. The van der Waals surface area contributed by atoms with Gasteiger partial charge in [0.25, 0.3) is 0 Å². The highest BCUT2D eigenvalue weighted by molar-refractivity contribution is 7.99. The van der Waals surface area contributed by atoms with Gasteiger partial charge in [0, 0.05) is 9.60 Å². The Morgan fingerprint density at radius 1 is 1.38 bits per heavy atom. The molecule has 0 aliphatic carbocycles. The summed E-state index contributed by atoms with van der Waals surface area (Å²) in [6.07, 6.45) is 2.11. The molecule has 2 rings (SSSR count). The van der Waals surface area contributed by atoms with Crippen molar-refractivity contribution in [1.29, 1.82) is 0 Å². The molecule has 0 N–H and O–H groups in total. The second-order valence-electron chi connectivity index (χ2n) is 2.91. The summed E-state index contributed by atoms with van der Waals surface area (Å²) in [6, 6.07) is 6.51. The van der Waals surface area contributed by atoms with Crippen LogP contribution >= 0.6 is 35.7 Å². The van der Waals surface area contributed by atoms with E-state index in [4.69, 9.17) is 0 Å². The first-order chi connectivity index (χ1) is 6.22. The number of benzene rings is 1. The molecule has 3 heteroatoms. The normalized spacial score (nSPS) is 11.0. The summed E-state index contributed by atoms with van der Waals surface area (Å²) in [7, 11) is 0. The zero-order valence-corrected chi connectivity index (χ0v) is 10.0. The average Bonchev–Trinajstić information content (AvgIpc) is 2.48. The molecule has 13 heavy (non-hydrogen) atoms. The second-order valence-corrected chi connectivity index (χ2v) is 5.60. The zero-order valence-electron chi connectivity index (χ0n) is 7.50. The Labute approximate surface area is 91.8 Å². The van der Waals surface area contributed by atoms with Crippen molar-refractivity contribution in [3.63, 3.8) is 0 Å². The predicted octanol–water partition coefficient (Wildman–Crippen LogP) is 4.22. The van der Waals surface area contributed by atoms with E-state index in [0.29, 0.717) is 0 Å². The van der Waals surface area contributed by atoms with E-state index < -0.39 is 0 Å². The molecule has 2 aromatic rings. The van der Waals surface area contributed by atoms with E-state index in [1.807, 2.05) is 0 Å². The molecule has 0 aliphatic rings. The maximum atomic E-state index is 4.39. The molecule has 0 atom stereocenters. The van der Waals surface area contributed by atoms with Gasteiger partial charge in [-0.2, -0.15) is 0 Å². The molecule has 1 heterocycles. The van der Waals surface area contributed by atoms with Crippen LogP contribution in [0.4, 0.5) is 0 Å². The van der Waals surface area contributed by atoms with Crippen LogP contribution in [0.1, 0.15) is 5.56 Å². The predicted molar refractivity (Wildman–Crippen MR) is 65.6 cm³/mol. The molecule has 0 spiro atoms. The van der Waals surface area contributed by atoms with E-state index in [0.717, 1.165) is 4.21 Å². The summed E-state index contributed by atoms with van der Waals surface area (Å²) in [4.78, 5) is 1.35. The molecule has 0 unspecified atom stereocenters. The van der Waals surface area contributed by atoms with Gasteiger partial charge in [0.05, 0.1) is 4.21 Å². The molecule has 0 saturated heterocycles. The van der Waals surface area contributed by atoms with E-state index >= 15 is 0 Å². The van der Waals surface area contributed by atoms with Gasteiger partial charge in [-0.1, -0.05) is 6.07 Å². The monoisotopic (exact) mass is 226 g/mol. The van der Waals surface area contributed by atoms with Crippen LogP contribution in [0.25, 0.3) is 10.1 Å². The molecule has 1 aromatic carbocycles. The number of rotatable bonds is 1. The highest BCUT2D eigenvalue weighted by atomic mass is 32.2. The van der Waals surface area contributed by atoms with Gasteiger partial charge in [0.2, 0.25) is 0 Å². The summed E-state index contributed by atoms with van der Waals surface area (Å²) in [6.45, 7) is 2.15. The Kier molecular flexibility index (Phi) is 2.58. The van der Waals surface area contributed by atoms with E-state index in [1.165, 1.54) is 20.5 Å². The summed E-state index contributed by atoms with van der Waals surface area (Å²) in [5.74, 6) is 0. The fourth-order valence-corrected chi connectivity index (χ4v) is 3.54. The molecular formula is C10H10S3. The SMILES string of the molecule is CSc1ccc(C)c2cc(S)sc12. The van der Waals surface area contributed by atoms with Crippen LogP contribution in [0, 0.1) is 6.92 Å². The van der Waals surface area contributed by atoms with Crippen molar-refractivity contribution in [2.24, 2.45) is 0 Å². The summed E-state index contributed by atoms with van der Waals surface area (Å²) in [5.41, 5.74) is 1.34. The Morgan fingerprint density at radius 2 is 2.15 bits per heavy atom.